The van der Waals surface area contributed by atoms with E-state index in [0.29, 0.717) is 23.0 Å². The summed E-state index contributed by atoms with van der Waals surface area (Å²) in [7, 11) is 0. The molecular weight excluding hydrogens is 236 g/mol. The number of furan rings is 1. The number of halogens is 1. The fourth-order valence-electron chi connectivity index (χ4n) is 1.67. The van der Waals surface area contributed by atoms with Gasteiger partial charge in [-0.25, -0.2) is 0 Å². The van der Waals surface area contributed by atoms with E-state index in [0.717, 1.165) is 11.1 Å². The van der Waals surface area contributed by atoms with E-state index in [1.54, 1.807) is 6.07 Å². The van der Waals surface area contributed by atoms with Gasteiger partial charge in [-0.15, -0.1) is 0 Å². The van der Waals surface area contributed by atoms with E-state index in [4.69, 9.17) is 16.0 Å². The maximum atomic E-state index is 11.5. The molecule has 0 aliphatic carbocycles. The van der Waals surface area contributed by atoms with Crippen LogP contribution in [0.3, 0.4) is 0 Å². The summed E-state index contributed by atoms with van der Waals surface area (Å²) >= 11 is 5.95. The number of ketones is 1. The topological polar surface area (TPSA) is 30.2 Å². The SMILES string of the molecule is CCC(=O)c1ccc(-c2cc(Cl)ccc2C)o1. The van der Waals surface area contributed by atoms with Gasteiger partial charge in [0.1, 0.15) is 5.76 Å². The number of Topliss-reactive ketones (excluding diaryl/α,β-unsaturated/α-hetero) is 1. The fraction of sp³-hybridized carbons (Fsp3) is 0.214. The largest absolute Gasteiger partial charge is 0.453 e. The van der Waals surface area contributed by atoms with Gasteiger partial charge in [0.25, 0.3) is 0 Å². The third-order valence-electron chi connectivity index (χ3n) is 2.67. The highest BCUT2D eigenvalue weighted by atomic mass is 35.5. The monoisotopic (exact) mass is 248 g/mol. The molecule has 2 rings (SSSR count). The summed E-state index contributed by atoms with van der Waals surface area (Å²) in [6.45, 7) is 3.80. The summed E-state index contributed by atoms with van der Waals surface area (Å²) in [6.07, 6.45) is 0.446. The molecule has 0 unspecified atom stereocenters. The van der Waals surface area contributed by atoms with Crippen molar-refractivity contribution >= 4 is 17.4 Å². The number of rotatable bonds is 3. The van der Waals surface area contributed by atoms with Crippen LogP contribution in [-0.4, -0.2) is 5.78 Å². The number of carbonyl (C=O) groups excluding carboxylic acids is 1. The molecule has 0 aliphatic heterocycles. The Kier molecular flexibility index (Phi) is 3.34. The summed E-state index contributed by atoms with van der Waals surface area (Å²) in [5, 5.41) is 0.658. The zero-order valence-electron chi connectivity index (χ0n) is 9.79. The Morgan fingerprint density at radius 1 is 1.29 bits per heavy atom. The van der Waals surface area contributed by atoms with Gasteiger partial charge in [0.15, 0.2) is 11.5 Å². The molecule has 1 heterocycles. The van der Waals surface area contributed by atoms with Crippen LogP contribution in [-0.2, 0) is 0 Å². The summed E-state index contributed by atoms with van der Waals surface area (Å²) in [6, 6.07) is 9.13. The molecule has 1 aromatic heterocycles. The van der Waals surface area contributed by atoms with E-state index in [-0.39, 0.29) is 5.78 Å². The molecule has 0 aliphatic rings. The Hall–Kier alpha value is -1.54. The van der Waals surface area contributed by atoms with Gasteiger partial charge in [0, 0.05) is 17.0 Å². The van der Waals surface area contributed by atoms with Gasteiger partial charge >= 0.3 is 0 Å². The second kappa shape index (κ2) is 4.76. The Labute approximate surface area is 105 Å². The Morgan fingerprint density at radius 2 is 2.06 bits per heavy atom. The van der Waals surface area contributed by atoms with Crippen LogP contribution in [0, 0.1) is 6.92 Å². The van der Waals surface area contributed by atoms with Gasteiger partial charge in [-0.05, 0) is 36.8 Å². The molecule has 1 aromatic carbocycles. The first-order valence-electron chi connectivity index (χ1n) is 5.51. The standard InChI is InChI=1S/C14H13ClO2/c1-3-12(16)14-7-6-13(17-14)11-8-10(15)5-4-9(11)2/h4-8H,3H2,1-2H3. The second-order valence-corrected chi connectivity index (χ2v) is 4.34. The van der Waals surface area contributed by atoms with Crippen molar-refractivity contribution in [3.05, 3.63) is 46.7 Å². The summed E-state index contributed by atoms with van der Waals surface area (Å²) < 4.78 is 5.55. The van der Waals surface area contributed by atoms with Crippen molar-refractivity contribution in [1.82, 2.24) is 0 Å². The first-order chi connectivity index (χ1) is 8.11. The predicted molar refractivity (Wildman–Crippen MR) is 68.5 cm³/mol. The molecule has 0 saturated heterocycles. The zero-order valence-corrected chi connectivity index (χ0v) is 10.5. The molecule has 17 heavy (non-hydrogen) atoms. The lowest BCUT2D eigenvalue weighted by atomic mass is 10.1. The number of aryl methyl sites for hydroxylation is 1. The van der Waals surface area contributed by atoms with E-state index in [9.17, 15) is 4.79 Å². The molecule has 0 fully saturated rings. The third-order valence-corrected chi connectivity index (χ3v) is 2.90. The molecule has 0 amide bonds. The van der Waals surface area contributed by atoms with Gasteiger partial charge in [0.05, 0.1) is 0 Å². The molecule has 0 saturated carbocycles. The van der Waals surface area contributed by atoms with Crippen LogP contribution < -0.4 is 0 Å². The van der Waals surface area contributed by atoms with Crippen LogP contribution in [0.4, 0.5) is 0 Å². The average molecular weight is 249 g/mol. The van der Waals surface area contributed by atoms with Gasteiger partial charge in [-0.2, -0.15) is 0 Å². The van der Waals surface area contributed by atoms with Crippen LogP contribution in [0.25, 0.3) is 11.3 Å². The molecule has 88 valence electrons. The van der Waals surface area contributed by atoms with Gasteiger partial charge in [-0.3, -0.25) is 4.79 Å². The highest BCUT2D eigenvalue weighted by molar-refractivity contribution is 6.30. The molecule has 0 radical (unpaired) electrons. The third kappa shape index (κ3) is 2.42. The van der Waals surface area contributed by atoms with Crippen LogP contribution in [0.15, 0.2) is 34.7 Å². The molecular formula is C14H13ClO2. The minimum atomic E-state index is 0.0101. The lowest BCUT2D eigenvalue weighted by molar-refractivity contribution is 0.0962. The van der Waals surface area contributed by atoms with Gasteiger partial charge < -0.3 is 4.42 Å². The van der Waals surface area contributed by atoms with Crippen molar-refractivity contribution in [2.24, 2.45) is 0 Å². The Bertz CT molecular complexity index is 555. The maximum Gasteiger partial charge on any atom is 0.197 e. The van der Waals surface area contributed by atoms with E-state index < -0.39 is 0 Å². The smallest absolute Gasteiger partial charge is 0.197 e. The molecule has 3 heteroatoms. The van der Waals surface area contributed by atoms with Crippen LogP contribution in [0.1, 0.15) is 29.5 Å². The van der Waals surface area contributed by atoms with Crippen molar-refractivity contribution in [3.63, 3.8) is 0 Å². The van der Waals surface area contributed by atoms with E-state index in [1.807, 2.05) is 38.1 Å². The first-order valence-corrected chi connectivity index (χ1v) is 5.89. The highest BCUT2D eigenvalue weighted by Crippen LogP contribution is 2.28. The van der Waals surface area contributed by atoms with E-state index in [2.05, 4.69) is 0 Å². The van der Waals surface area contributed by atoms with Crippen LogP contribution >= 0.6 is 11.6 Å². The number of benzene rings is 1. The van der Waals surface area contributed by atoms with Gasteiger partial charge in [0.2, 0.25) is 0 Å². The lowest BCUT2D eigenvalue weighted by Crippen LogP contribution is -1.92. The van der Waals surface area contributed by atoms with Crippen molar-refractivity contribution in [2.75, 3.05) is 0 Å². The Morgan fingerprint density at radius 3 is 2.76 bits per heavy atom. The summed E-state index contributed by atoms with van der Waals surface area (Å²) in [5.41, 5.74) is 1.99. The minimum Gasteiger partial charge on any atom is -0.453 e. The number of carbonyl (C=O) groups is 1. The zero-order chi connectivity index (χ0) is 12.4. The molecule has 0 N–H and O–H groups in total. The van der Waals surface area contributed by atoms with Crippen molar-refractivity contribution in [1.29, 1.82) is 0 Å². The lowest BCUT2D eigenvalue weighted by Gasteiger charge is -2.02. The highest BCUT2D eigenvalue weighted by Gasteiger charge is 2.11. The molecule has 0 atom stereocenters. The van der Waals surface area contributed by atoms with Crippen LogP contribution in [0.2, 0.25) is 5.02 Å². The predicted octanol–water partition coefficient (Wildman–Crippen LogP) is 4.50. The minimum absolute atomic E-state index is 0.0101. The Balaban J connectivity index is 2.43. The fourth-order valence-corrected chi connectivity index (χ4v) is 1.84. The molecule has 2 nitrogen and oxygen atoms in total. The summed E-state index contributed by atoms with van der Waals surface area (Å²) in [4.78, 5) is 11.5. The van der Waals surface area contributed by atoms with Crippen molar-refractivity contribution < 1.29 is 9.21 Å². The van der Waals surface area contributed by atoms with E-state index in [1.165, 1.54) is 0 Å². The normalized spacial score (nSPS) is 10.5. The molecule has 2 aromatic rings. The second-order valence-electron chi connectivity index (χ2n) is 3.90. The summed E-state index contributed by atoms with van der Waals surface area (Å²) in [5.74, 6) is 1.10. The van der Waals surface area contributed by atoms with Crippen molar-refractivity contribution in [2.45, 2.75) is 20.3 Å². The van der Waals surface area contributed by atoms with Crippen molar-refractivity contribution in [3.8, 4) is 11.3 Å². The quantitative estimate of drug-likeness (QED) is 0.749. The molecule has 0 bridgehead atoms. The average Bonchev–Trinajstić information content (AvgIpc) is 2.80. The first kappa shape index (κ1) is 11.9. The molecule has 0 spiro atoms. The number of hydrogen-bond acceptors (Lipinski definition) is 2. The van der Waals surface area contributed by atoms with Gasteiger partial charge in [-0.1, -0.05) is 24.6 Å². The number of hydrogen-bond donors (Lipinski definition) is 0. The van der Waals surface area contributed by atoms with E-state index >= 15 is 0 Å². The maximum absolute atomic E-state index is 11.5. The van der Waals surface area contributed by atoms with Crippen LogP contribution in [0.5, 0.6) is 0 Å².